The first-order chi connectivity index (χ1) is 20.3. The molecule has 0 unspecified atom stereocenters. The summed E-state index contributed by atoms with van der Waals surface area (Å²) in [6.45, 7) is 7.69. The summed E-state index contributed by atoms with van der Waals surface area (Å²) >= 11 is 8.79. The number of pyridine rings is 1. The third-order valence-corrected chi connectivity index (χ3v) is 7.89. The normalized spacial score (nSPS) is 10.5. The molecule has 0 bridgehead atoms. The van der Waals surface area contributed by atoms with Crippen LogP contribution in [0.3, 0.4) is 0 Å². The van der Waals surface area contributed by atoms with Crippen LogP contribution in [0, 0.1) is 17.9 Å². The Hall–Kier alpha value is -4.62. The second-order valence-electron chi connectivity index (χ2n) is 8.55. The van der Waals surface area contributed by atoms with Gasteiger partial charge in [0.25, 0.3) is 0 Å². The molecule has 42 heavy (non-hydrogen) atoms. The Labute approximate surface area is 254 Å². The number of carbonyl (C=O) groups is 2. The van der Waals surface area contributed by atoms with Gasteiger partial charge in [0.1, 0.15) is 40.9 Å². The van der Waals surface area contributed by atoms with Crippen molar-refractivity contribution in [1.29, 1.82) is 5.26 Å². The summed E-state index contributed by atoms with van der Waals surface area (Å²) in [5.74, 6) is -0.760. The molecule has 0 atom stereocenters. The quantitative estimate of drug-likeness (QED) is 0.0766. The number of esters is 1. The van der Waals surface area contributed by atoms with Crippen molar-refractivity contribution in [1.82, 2.24) is 9.97 Å². The Bertz CT molecular complexity index is 1680. The van der Waals surface area contributed by atoms with Crippen LogP contribution in [0.5, 0.6) is 5.75 Å². The van der Waals surface area contributed by atoms with Gasteiger partial charge in [-0.05, 0) is 29.8 Å². The van der Waals surface area contributed by atoms with Crippen molar-refractivity contribution in [2.45, 2.75) is 23.6 Å². The number of hydrogen-bond acceptors (Lipinski definition) is 10. The molecule has 0 saturated heterocycles. The maximum absolute atomic E-state index is 11.5. The molecule has 212 valence electrons. The van der Waals surface area contributed by atoms with Gasteiger partial charge in [-0.2, -0.15) is 5.26 Å². The van der Waals surface area contributed by atoms with Crippen molar-refractivity contribution in [2.75, 3.05) is 18.9 Å². The van der Waals surface area contributed by atoms with Gasteiger partial charge < -0.3 is 20.3 Å². The highest BCUT2D eigenvalue weighted by Crippen LogP contribution is 2.42. The molecule has 0 aliphatic heterocycles. The van der Waals surface area contributed by atoms with Crippen LogP contribution in [-0.4, -0.2) is 40.2 Å². The average molecular weight is 620 g/mol. The monoisotopic (exact) mass is 619 g/mol. The van der Waals surface area contributed by atoms with E-state index in [1.807, 2.05) is 29.6 Å². The molecular weight excluding hydrogens is 598 g/mol. The number of rotatable bonds is 12. The summed E-state index contributed by atoms with van der Waals surface area (Å²) in [7, 11) is 0. The molecule has 0 aliphatic carbocycles. The van der Waals surface area contributed by atoms with Gasteiger partial charge in [-0.15, -0.1) is 11.3 Å². The highest BCUT2D eigenvalue weighted by Gasteiger charge is 2.21. The molecule has 10 nitrogen and oxygen atoms in total. The van der Waals surface area contributed by atoms with E-state index in [2.05, 4.69) is 20.9 Å². The minimum absolute atomic E-state index is 0.0201. The zero-order valence-corrected chi connectivity index (χ0v) is 24.3. The second kappa shape index (κ2) is 14.3. The molecule has 4 aromatic rings. The molecule has 0 spiro atoms. The maximum atomic E-state index is 11.5. The fourth-order valence-corrected chi connectivity index (χ4v) is 5.67. The predicted octanol–water partition coefficient (Wildman–Crippen LogP) is 6.61. The summed E-state index contributed by atoms with van der Waals surface area (Å²) in [4.78, 5) is 34.6. The number of nitrogens with two attached hydrogens (primary N) is 1. The van der Waals surface area contributed by atoms with Crippen molar-refractivity contribution in [3.8, 4) is 33.5 Å². The lowest BCUT2D eigenvalue weighted by Crippen LogP contribution is -2.13. The van der Waals surface area contributed by atoms with Crippen LogP contribution >= 0.6 is 34.7 Å². The number of nitrogen functional groups attached to an aromatic ring is 1. The lowest BCUT2D eigenvalue weighted by Gasteiger charge is -2.14. The molecule has 4 rings (SSSR count). The zero-order chi connectivity index (χ0) is 30.1. The van der Waals surface area contributed by atoms with E-state index in [0.29, 0.717) is 32.7 Å². The number of carboxylic acids is 1. The van der Waals surface area contributed by atoms with Crippen LogP contribution in [0.25, 0.3) is 26.5 Å². The predicted molar refractivity (Wildman–Crippen MR) is 161 cm³/mol. The molecule has 2 heterocycles. The van der Waals surface area contributed by atoms with Crippen molar-refractivity contribution >= 4 is 58.1 Å². The summed E-state index contributed by atoms with van der Waals surface area (Å²) < 4.78 is 10.5. The van der Waals surface area contributed by atoms with Gasteiger partial charge in [0.2, 0.25) is 5.69 Å². The smallest absolute Gasteiger partial charge is 0.306 e. The molecule has 0 amide bonds. The number of carboxylic acid groups (broad SMARTS) is 1. The third kappa shape index (κ3) is 7.77. The average Bonchev–Trinajstić information content (AvgIpc) is 3.46. The van der Waals surface area contributed by atoms with E-state index in [1.165, 1.54) is 23.1 Å². The van der Waals surface area contributed by atoms with Crippen molar-refractivity contribution in [3.05, 3.63) is 81.6 Å². The van der Waals surface area contributed by atoms with Gasteiger partial charge in [-0.3, -0.25) is 9.59 Å². The zero-order valence-electron chi connectivity index (χ0n) is 21.9. The highest BCUT2D eigenvalue weighted by molar-refractivity contribution is 7.98. The van der Waals surface area contributed by atoms with E-state index >= 15 is 0 Å². The SMILES string of the molecule is [C-]#[N+]c1c(N)nc(SCc2csc(-c3ccc(Cl)cc3)n2)c(C#N)c1-c1ccc(OCCOC(=O)CCC(=O)O)cc1. The molecular formula is C29H22ClN5O5S2. The molecule has 0 saturated carbocycles. The van der Waals surface area contributed by atoms with Crippen LogP contribution in [0.2, 0.25) is 5.02 Å². The molecule has 13 heteroatoms. The van der Waals surface area contributed by atoms with E-state index in [0.717, 1.165) is 16.3 Å². The number of anilines is 1. The third-order valence-electron chi connectivity index (χ3n) is 5.69. The lowest BCUT2D eigenvalue weighted by atomic mass is 10.00. The Morgan fingerprint density at radius 2 is 1.81 bits per heavy atom. The number of aliphatic carboxylic acids is 1. The van der Waals surface area contributed by atoms with Gasteiger partial charge >= 0.3 is 11.9 Å². The molecule has 2 aromatic carbocycles. The Morgan fingerprint density at radius 3 is 2.48 bits per heavy atom. The largest absolute Gasteiger partial charge is 0.490 e. The number of benzene rings is 2. The van der Waals surface area contributed by atoms with Gasteiger partial charge in [0.05, 0.1) is 30.7 Å². The summed E-state index contributed by atoms with van der Waals surface area (Å²) in [6.07, 6.45) is -0.507. The summed E-state index contributed by atoms with van der Waals surface area (Å²) in [5, 5.41) is 22.5. The fourth-order valence-electron chi connectivity index (χ4n) is 3.73. The number of halogens is 1. The second-order valence-corrected chi connectivity index (χ2v) is 10.8. The van der Waals surface area contributed by atoms with Crippen molar-refractivity contribution in [2.24, 2.45) is 0 Å². The Balaban J connectivity index is 1.47. The van der Waals surface area contributed by atoms with E-state index in [9.17, 15) is 14.9 Å². The number of thioether (sulfide) groups is 1. The molecule has 0 radical (unpaired) electrons. The Kier molecular flexibility index (Phi) is 10.3. The topological polar surface area (TPSA) is 153 Å². The summed E-state index contributed by atoms with van der Waals surface area (Å²) in [5.41, 5.74) is 9.19. The minimum atomic E-state index is -1.07. The molecule has 0 aliphatic rings. The number of nitriles is 1. The lowest BCUT2D eigenvalue weighted by molar-refractivity contribution is -0.148. The first-order valence-corrected chi connectivity index (χ1v) is 14.6. The fraction of sp³-hybridized carbons (Fsp3) is 0.172. The standard InChI is InChI=1S/C29H22ClN5O5S2/c1-33-26-25(17-4-8-21(9-5-17)39-12-13-40-24(38)11-10-23(36)37)22(14-31)29(35-27(26)32)42-16-20-15-41-28(34-20)18-2-6-19(30)7-3-18/h2-9,15H,10-13,16H2,(H2,32,35)(H,36,37). The van der Waals surface area contributed by atoms with Crippen LogP contribution in [-0.2, 0) is 20.1 Å². The van der Waals surface area contributed by atoms with E-state index in [1.54, 1.807) is 24.3 Å². The van der Waals surface area contributed by atoms with Gasteiger partial charge in [-0.1, -0.05) is 47.6 Å². The highest BCUT2D eigenvalue weighted by atomic mass is 35.5. The number of hydrogen-bond donors (Lipinski definition) is 2. The van der Waals surface area contributed by atoms with Crippen molar-refractivity contribution < 1.29 is 24.2 Å². The van der Waals surface area contributed by atoms with Crippen LogP contribution in [0.1, 0.15) is 24.1 Å². The molecule has 3 N–H and O–H groups in total. The minimum Gasteiger partial charge on any atom is -0.490 e. The van der Waals surface area contributed by atoms with Crippen LogP contribution in [0.4, 0.5) is 11.5 Å². The number of ether oxygens (including phenoxy) is 2. The number of aromatic nitrogens is 2. The number of nitrogens with zero attached hydrogens (tertiary/aromatic N) is 4. The van der Waals surface area contributed by atoms with Gasteiger partial charge in [0, 0.05) is 27.3 Å². The number of thiazole rings is 1. The van der Waals surface area contributed by atoms with E-state index in [4.69, 9.17) is 38.5 Å². The first-order valence-electron chi connectivity index (χ1n) is 12.3. The van der Waals surface area contributed by atoms with Gasteiger partial charge in [0.15, 0.2) is 0 Å². The number of carbonyl (C=O) groups excluding carboxylic acids is 1. The van der Waals surface area contributed by atoms with Gasteiger partial charge in [-0.25, -0.2) is 14.8 Å². The first kappa shape index (κ1) is 30.3. The van der Waals surface area contributed by atoms with Crippen LogP contribution < -0.4 is 10.5 Å². The van der Waals surface area contributed by atoms with Crippen molar-refractivity contribution in [3.63, 3.8) is 0 Å². The van der Waals surface area contributed by atoms with Crippen LogP contribution in [0.15, 0.2) is 58.9 Å². The Morgan fingerprint density at radius 1 is 1.10 bits per heavy atom. The summed E-state index contributed by atoms with van der Waals surface area (Å²) in [6, 6.07) is 16.3. The molecule has 2 aromatic heterocycles. The van der Waals surface area contributed by atoms with E-state index in [-0.39, 0.29) is 43.1 Å². The maximum Gasteiger partial charge on any atom is 0.306 e. The molecule has 0 fully saturated rings. The van der Waals surface area contributed by atoms with E-state index < -0.39 is 11.9 Å².